The molecule has 0 bridgehead atoms. The molecule has 0 radical (unpaired) electrons. The van der Waals surface area contributed by atoms with Gasteiger partial charge in [-0.3, -0.25) is 0 Å². The Labute approximate surface area is 104 Å². The number of rotatable bonds is 5. The lowest BCUT2D eigenvalue weighted by atomic mass is 9.98. The fourth-order valence-electron chi connectivity index (χ4n) is 2.20. The van der Waals surface area contributed by atoms with E-state index in [4.69, 9.17) is 11.6 Å². The van der Waals surface area contributed by atoms with Gasteiger partial charge in [-0.2, -0.15) is 0 Å². The van der Waals surface area contributed by atoms with Crippen LogP contribution < -0.4 is 4.72 Å². The summed E-state index contributed by atoms with van der Waals surface area (Å²) in [4.78, 5) is 0. The van der Waals surface area contributed by atoms with Crippen LogP contribution in [0.5, 0.6) is 0 Å². The molecule has 3 nitrogen and oxygen atoms in total. The Morgan fingerprint density at radius 1 is 1.25 bits per heavy atom. The van der Waals surface area contributed by atoms with Gasteiger partial charge in [0, 0.05) is 11.9 Å². The zero-order valence-electron chi connectivity index (χ0n) is 9.91. The maximum atomic E-state index is 11.7. The molecule has 1 saturated carbocycles. The summed E-state index contributed by atoms with van der Waals surface area (Å²) in [5.74, 6) is 1.01. The molecule has 0 aromatic rings. The molecule has 2 unspecified atom stereocenters. The SMILES string of the molecule is CC1CCCCCC1NS(=O)(=O)CCCCl. The van der Waals surface area contributed by atoms with Gasteiger partial charge in [0.1, 0.15) is 0 Å². The maximum Gasteiger partial charge on any atom is 0.211 e. The third-order valence-electron chi connectivity index (χ3n) is 3.24. The van der Waals surface area contributed by atoms with Crippen molar-refractivity contribution in [3.63, 3.8) is 0 Å². The standard InChI is InChI=1S/C11H22ClNO2S/c1-10-6-3-2-4-7-11(10)13-16(14,15)9-5-8-12/h10-11,13H,2-9H2,1H3. The van der Waals surface area contributed by atoms with Gasteiger partial charge in [-0.15, -0.1) is 11.6 Å². The molecule has 1 fully saturated rings. The first kappa shape index (κ1) is 14.3. The second-order valence-electron chi connectivity index (χ2n) is 4.70. The van der Waals surface area contributed by atoms with Gasteiger partial charge in [-0.1, -0.05) is 26.2 Å². The Morgan fingerprint density at radius 3 is 2.62 bits per heavy atom. The van der Waals surface area contributed by atoms with Gasteiger partial charge in [-0.25, -0.2) is 13.1 Å². The molecule has 96 valence electrons. The number of nitrogens with one attached hydrogen (secondary N) is 1. The van der Waals surface area contributed by atoms with Crippen molar-refractivity contribution < 1.29 is 8.42 Å². The van der Waals surface area contributed by atoms with E-state index in [-0.39, 0.29) is 11.8 Å². The van der Waals surface area contributed by atoms with Crippen LogP contribution in [0.4, 0.5) is 0 Å². The van der Waals surface area contributed by atoms with Gasteiger partial charge in [0.25, 0.3) is 0 Å². The molecule has 2 atom stereocenters. The first-order valence-electron chi connectivity index (χ1n) is 6.11. The van der Waals surface area contributed by atoms with E-state index in [1.54, 1.807) is 0 Å². The lowest BCUT2D eigenvalue weighted by molar-refractivity contribution is 0.399. The van der Waals surface area contributed by atoms with Crippen molar-refractivity contribution in [2.75, 3.05) is 11.6 Å². The molecule has 16 heavy (non-hydrogen) atoms. The van der Waals surface area contributed by atoms with E-state index in [0.717, 1.165) is 19.3 Å². The van der Waals surface area contributed by atoms with E-state index in [1.165, 1.54) is 12.8 Å². The summed E-state index contributed by atoms with van der Waals surface area (Å²) in [6.45, 7) is 2.14. The summed E-state index contributed by atoms with van der Waals surface area (Å²) < 4.78 is 26.3. The van der Waals surface area contributed by atoms with Gasteiger partial charge in [0.15, 0.2) is 0 Å². The molecule has 0 aromatic carbocycles. The molecule has 5 heteroatoms. The number of halogens is 1. The van der Waals surface area contributed by atoms with E-state index in [9.17, 15) is 8.42 Å². The molecular weight excluding hydrogens is 246 g/mol. The third kappa shape index (κ3) is 5.02. The Morgan fingerprint density at radius 2 is 1.94 bits per heavy atom. The number of hydrogen-bond acceptors (Lipinski definition) is 2. The van der Waals surface area contributed by atoms with Gasteiger partial charge in [-0.05, 0) is 25.2 Å². The Bertz CT molecular complexity index is 292. The summed E-state index contributed by atoms with van der Waals surface area (Å²) in [7, 11) is -3.13. The van der Waals surface area contributed by atoms with E-state index in [0.29, 0.717) is 18.2 Å². The number of hydrogen-bond donors (Lipinski definition) is 1. The zero-order chi connectivity index (χ0) is 12.0. The maximum absolute atomic E-state index is 11.7. The van der Waals surface area contributed by atoms with E-state index in [2.05, 4.69) is 11.6 Å². The first-order valence-corrected chi connectivity index (χ1v) is 8.30. The quantitative estimate of drug-likeness (QED) is 0.615. The normalized spacial score (nSPS) is 27.6. The largest absolute Gasteiger partial charge is 0.212 e. The van der Waals surface area contributed by atoms with Crippen LogP contribution in [0.15, 0.2) is 0 Å². The number of sulfonamides is 1. The molecule has 1 aliphatic rings. The van der Waals surface area contributed by atoms with E-state index in [1.807, 2.05) is 0 Å². The van der Waals surface area contributed by atoms with Gasteiger partial charge in [0.05, 0.1) is 5.75 Å². The summed E-state index contributed by atoms with van der Waals surface area (Å²) in [6, 6.07) is 0.128. The van der Waals surface area contributed by atoms with Crippen molar-refractivity contribution in [3.8, 4) is 0 Å². The number of alkyl halides is 1. The second-order valence-corrected chi connectivity index (χ2v) is 6.95. The van der Waals surface area contributed by atoms with Crippen molar-refractivity contribution in [2.24, 2.45) is 5.92 Å². The molecule has 0 spiro atoms. The van der Waals surface area contributed by atoms with Crippen molar-refractivity contribution in [1.29, 1.82) is 0 Å². The zero-order valence-corrected chi connectivity index (χ0v) is 11.5. The molecule has 1 N–H and O–H groups in total. The van der Waals surface area contributed by atoms with Crippen LogP contribution in [0.3, 0.4) is 0 Å². The highest BCUT2D eigenvalue weighted by Crippen LogP contribution is 2.23. The van der Waals surface area contributed by atoms with E-state index < -0.39 is 10.0 Å². The van der Waals surface area contributed by atoms with Gasteiger partial charge >= 0.3 is 0 Å². The monoisotopic (exact) mass is 267 g/mol. The van der Waals surface area contributed by atoms with Crippen molar-refractivity contribution in [3.05, 3.63) is 0 Å². The predicted molar refractivity (Wildman–Crippen MR) is 68.3 cm³/mol. The van der Waals surface area contributed by atoms with Crippen LogP contribution in [0.1, 0.15) is 45.4 Å². The Kier molecular flexibility index (Phi) is 6.08. The average molecular weight is 268 g/mol. The van der Waals surface area contributed by atoms with Crippen LogP contribution in [0, 0.1) is 5.92 Å². The van der Waals surface area contributed by atoms with Crippen LogP contribution in [-0.4, -0.2) is 26.1 Å². The van der Waals surface area contributed by atoms with Crippen molar-refractivity contribution in [2.45, 2.75) is 51.5 Å². The minimum absolute atomic E-state index is 0.128. The van der Waals surface area contributed by atoms with Crippen LogP contribution in [0.2, 0.25) is 0 Å². The highest BCUT2D eigenvalue weighted by atomic mass is 35.5. The highest BCUT2D eigenvalue weighted by Gasteiger charge is 2.24. The lowest BCUT2D eigenvalue weighted by Gasteiger charge is -2.22. The van der Waals surface area contributed by atoms with Crippen molar-refractivity contribution in [1.82, 2.24) is 4.72 Å². The van der Waals surface area contributed by atoms with Gasteiger partial charge in [0.2, 0.25) is 10.0 Å². The molecule has 0 amide bonds. The van der Waals surface area contributed by atoms with Crippen molar-refractivity contribution >= 4 is 21.6 Å². The van der Waals surface area contributed by atoms with Crippen LogP contribution >= 0.6 is 11.6 Å². The summed E-state index contributed by atoms with van der Waals surface area (Å²) >= 11 is 5.51. The molecule has 0 aliphatic heterocycles. The molecule has 0 saturated heterocycles. The highest BCUT2D eigenvalue weighted by molar-refractivity contribution is 7.89. The predicted octanol–water partition coefficient (Wildman–Crippen LogP) is 2.50. The van der Waals surface area contributed by atoms with Crippen LogP contribution in [-0.2, 0) is 10.0 Å². The van der Waals surface area contributed by atoms with Gasteiger partial charge < -0.3 is 0 Å². The Balaban J connectivity index is 2.50. The summed E-state index contributed by atoms with van der Waals surface area (Å²) in [5.41, 5.74) is 0. The Hall–Kier alpha value is 0.200. The smallest absolute Gasteiger partial charge is 0.211 e. The fraction of sp³-hybridized carbons (Fsp3) is 1.00. The topological polar surface area (TPSA) is 46.2 Å². The fourth-order valence-corrected chi connectivity index (χ4v) is 3.95. The van der Waals surface area contributed by atoms with Crippen LogP contribution in [0.25, 0.3) is 0 Å². The minimum Gasteiger partial charge on any atom is -0.212 e. The summed E-state index contributed by atoms with van der Waals surface area (Å²) in [6.07, 6.45) is 6.21. The van der Waals surface area contributed by atoms with E-state index >= 15 is 0 Å². The molecule has 0 aromatic heterocycles. The molecule has 1 aliphatic carbocycles. The minimum atomic E-state index is -3.13. The molecular formula is C11H22ClNO2S. The summed E-state index contributed by atoms with van der Waals surface area (Å²) in [5, 5.41) is 0. The molecule has 0 heterocycles. The average Bonchev–Trinajstić information content (AvgIpc) is 2.41. The third-order valence-corrected chi connectivity index (χ3v) is 4.99. The molecule has 1 rings (SSSR count). The first-order chi connectivity index (χ1) is 7.55. The lowest BCUT2D eigenvalue weighted by Crippen LogP contribution is -2.40. The second kappa shape index (κ2) is 6.82.